The van der Waals surface area contributed by atoms with Gasteiger partial charge in [0.15, 0.2) is 0 Å². The molecule has 2 atom stereocenters. The smallest absolute Gasteiger partial charge is 0.251 e. The molecule has 14 heavy (non-hydrogen) atoms. The highest BCUT2D eigenvalue weighted by molar-refractivity contribution is 5.95. The predicted molar refractivity (Wildman–Crippen MR) is 56.2 cm³/mol. The van der Waals surface area contributed by atoms with Gasteiger partial charge in [-0.2, -0.15) is 0 Å². The second kappa shape index (κ2) is 3.45. The van der Waals surface area contributed by atoms with Crippen molar-refractivity contribution in [3.63, 3.8) is 0 Å². The van der Waals surface area contributed by atoms with Gasteiger partial charge in [0, 0.05) is 11.6 Å². The second-order valence-electron chi connectivity index (χ2n) is 4.11. The van der Waals surface area contributed by atoms with Gasteiger partial charge >= 0.3 is 0 Å². The molecule has 2 nitrogen and oxygen atoms in total. The molecule has 2 rings (SSSR count). The van der Waals surface area contributed by atoms with E-state index in [0.29, 0.717) is 12.0 Å². The van der Waals surface area contributed by atoms with Crippen LogP contribution in [0.25, 0.3) is 0 Å². The second-order valence-corrected chi connectivity index (χ2v) is 4.11. The van der Waals surface area contributed by atoms with E-state index in [1.807, 2.05) is 31.2 Å². The summed E-state index contributed by atoms with van der Waals surface area (Å²) in [6.45, 7) is 4.12. The fourth-order valence-electron chi connectivity index (χ4n) is 1.60. The molecule has 0 radical (unpaired) electrons. The molecule has 74 valence electrons. The van der Waals surface area contributed by atoms with Gasteiger partial charge in [-0.15, -0.1) is 0 Å². The Labute approximate surface area is 84.3 Å². The third kappa shape index (κ3) is 1.79. The van der Waals surface area contributed by atoms with Crippen molar-refractivity contribution >= 4 is 5.91 Å². The highest BCUT2D eigenvalue weighted by Gasteiger charge is 2.34. The van der Waals surface area contributed by atoms with Crippen molar-refractivity contribution < 1.29 is 4.79 Å². The molecule has 0 saturated heterocycles. The van der Waals surface area contributed by atoms with Gasteiger partial charge in [0.1, 0.15) is 0 Å². The predicted octanol–water partition coefficient (Wildman–Crippen LogP) is 2.13. The lowest BCUT2D eigenvalue weighted by molar-refractivity contribution is 0.0949. The molecule has 1 saturated carbocycles. The number of carbonyl (C=O) groups excluding carboxylic acids is 1. The molecular weight excluding hydrogens is 174 g/mol. The summed E-state index contributed by atoms with van der Waals surface area (Å²) in [7, 11) is 0. The zero-order chi connectivity index (χ0) is 10.1. The van der Waals surface area contributed by atoms with E-state index in [-0.39, 0.29) is 5.91 Å². The van der Waals surface area contributed by atoms with Gasteiger partial charge < -0.3 is 5.32 Å². The lowest BCUT2D eigenvalue weighted by Gasteiger charge is -2.06. The zero-order valence-electron chi connectivity index (χ0n) is 8.58. The van der Waals surface area contributed by atoms with Gasteiger partial charge in [-0.3, -0.25) is 4.79 Å². The van der Waals surface area contributed by atoms with Crippen molar-refractivity contribution in [2.45, 2.75) is 26.3 Å². The van der Waals surface area contributed by atoms with Crippen LogP contribution in [0.2, 0.25) is 0 Å². The minimum absolute atomic E-state index is 0.0671. The minimum atomic E-state index is 0.0671. The molecule has 0 aliphatic heterocycles. The summed E-state index contributed by atoms with van der Waals surface area (Å²) in [5.74, 6) is 0.723. The highest BCUT2D eigenvalue weighted by atomic mass is 16.1. The van der Waals surface area contributed by atoms with E-state index in [0.717, 1.165) is 17.5 Å². The molecule has 1 N–H and O–H groups in total. The van der Waals surface area contributed by atoms with Crippen LogP contribution < -0.4 is 5.32 Å². The number of nitrogens with one attached hydrogen (secondary N) is 1. The first-order valence-electron chi connectivity index (χ1n) is 5.05. The number of aryl methyl sites for hydroxylation is 1. The first kappa shape index (κ1) is 9.25. The van der Waals surface area contributed by atoms with Crippen LogP contribution in [-0.2, 0) is 0 Å². The van der Waals surface area contributed by atoms with Crippen molar-refractivity contribution in [3.8, 4) is 0 Å². The average molecular weight is 189 g/mol. The van der Waals surface area contributed by atoms with Crippen LogP contribution in [0.5, 0.6) is 0 Å². The Bertz CT molecular complexity index is 359. The number of carbonyl (C=O) groups is 1. The molecule has 1 aliphatic rings. The molecule has 1 fully saturated rings. The number of hydrogen-bond acceptors (Lipinski definition) is 1. The van der Waals surface area contributed by atoms with E-state index in [9.17, 15) is 4.79 Å². The lowest BCUT2D eigenvalue weighted by Crippen LogP contribution is -2.27. The van der Waals surface area contributed by atoms with Crippen LogP contribution in [-0.4, -0.2) is 11.9 Å². The summed E-state index contributed by atoms with van der Waals surface area (Å²) in [6, 6.07) is 8.09. The summed E-state index contributed by atoms with van der Waals surface area (Å²) in [5, 5.41) is 3.02. The van der Waals surface area contributed by atoms with Crippen molar-refractivity contribution in [1.29, 1.82) is 0 Å². The van der Waals surface area contributed by atoms with E-state index in [1.54, 1.807) is 0 Å². The van der Waals surface area contributed by atoms with Gasteiger partial charge in [-0.1, -0.05) is 25.1 Å². The van der Waals surface area contributed by atoms with E-state index in [1.165, 1.54) is 0 Å². The molecule has 2 heteroatoms. The summed E-state index contributed by atoms with van der Waals surface area (Å²) in [4.78, 5) is 11.8. The summed E-state index contributed by atoms with van der Waals surface area (Å²) < 4.78 is 0. The first-order chi connectivity index (χ1) is 6.68. The first-order valence-corrected chi connectivity index (χ1v) is 5.05. The van der Waals surface area contributed by atoms with Crippen LogP contribution in [0, 0.1) is 12.8 Å². The van der Waals surface area contributed by atoms with Crippen molar-refractivity contribution in [1.82, 2.24) is 5.32 Å². The molecule has 0 unspecified atom stereocenters. The molecule has 1 aromatic carbocycles. The van der Waals surface area contributed by atoms with E-state index < -0.39 is 0 Å². The number of amides is 1. The molecule has 1 aromatic rings. The largest absolute Gasteiger partial charge is 0.349 e. The summed E-state index contributed by atoms with van der Waals surface area (Å²) >= 11 is 0. The zero-order valence-corrected chi connectivity index (χ0v) is 8.58. The summed E-state index contributed by atoms with van der Waals surface area (Å²) in [5.41, 5.74) is 1.84. The maximum Gasteiger partial charge on any atom is 0.251 e. The van der Waals surface area contributed by atoms with Gasteiger partial charge in [0.05, 0.1) is 0 Å². The molecule has 1 aliphatic carbocycles. The molecule has 1 amide bonds. The SMILES string of the molecule is Cc1ccccc1C(=O)N[C@H]1C[C@@H]1C. The van der Waals surface area contributed by atoms with Gasteiger partial charge in [0.25, 0.3) is 5.91 Å². The standard InChI is InChI=1S/C12H15NO/c1-8-5-3-4-6-10(8)12(14)13-11-7-9(11)2/h3-6,9,11H,7H2,1-2H3,(H,13,14)/t9-,11-/m0/s1. The Morgan fingerprint density at radius 3 is 2.64 bits per heavy atom. The Balaban J connectivity index is 2.07. The molecule has 0 spiro atoms. The Kier molecular flexibility index (Phi) is 2.28. The molecule has 0 aromatic heterocycles. The quantitative estimate of drug-likeness (QED) is 0.758. The molecule has 0 bridgehead atoms. The number of benzene rings is 1. The van der Waals surface area contributed by atoms with Crippen LogP contribution in [0.1, 0.15) is 29.3 Å². The topological polar surface area (TPSA) is 29.1 Å². The van der Waals surface area contributed by atoms with Crippen molar-refractivity contribution in [2.75, 3.05) is 0 Å². The monoisotopic (exact) mass is 189 g/mol. The minimum Gasteiger partial charge on any atom is -0.349 e. The van der Waals surface area contributed by atoms with Crippen molar-refractivity contribution in [3.05, 3.63) is 35.4 Å². The van der Waals surface area contributed by atoms with Gasteiger partial charge in [0.2, 0.25) is 0 Å². The van der Waals surface area contributed by atoms with Gasteiger partial charge in [-0.05, 0) is 30.9 Å². The Hall–Kier alpha value is -1.31. The van der Waals surface area contributed by atoms with Gasteiger partial charge in [-0.25, -0.2) is 0 Å². The van der Waals surface area contributed by atoms with Crippen LogP contribution in [0.3, 0.4) is 0 Å². The molecular formula is C12H15NO. The van der Waals surface area contributed by atoms with E-state index >= 15 is 0 Å². The fourth-order valence-corrected chi connectivity index (χ4v) is 1.60. The third-order valence-electron chi connectivity index (χ3n) is 2.82. The molecule has 0 heterocycles. The highest BCUT2D eigenvalue weighted by Crippen LogP contribution is 2.29. The van der Waals surface area contributed by atoms with Crippen LogP contribution in [0.15, 0.2) is 24.3 Å². The van der Waals surface area contributed by atoms with Crippen LogP contribution >= 0.6 is 0 Å². The van der Waals surface area contributed by atoms with Crippen molar-refractivity contribution in [2.24, 2.45) is 5.92 Å². The maximum atomic E-state index is 11.8. The third-order valence-corrected chi connectivity index (χ3v) is 2.82. The Morgan fingerprint density at radius 2 is 2.07 bits per heavy atom. The van der Waals surface area contributed by atoms with E-state index in [2.05, 4.69) is 12.2 Å². The number of rotatable bonds is 2. The van der Waals surface area contributed by atoms with E-state index in [4.69, 9.17) is 0 Å². The normalized spacial score (nSPS) is 24.4. The summed E-state index contributed by atoms with van der Waals surface area (Å²) in [6.07, 6.45) is 1.12. The lowest BCUT2D eigenvalue weighted by atomic mass is 10.1. The average Bonchev–Trinajstić information content (AvgIpc) is 2.82. The number of hydrogen-bond donors (Lipinski definition) is 1. The maximum absolute atomic E-state index is 11.8. The fraction of sp³-hybridized carbons (Fsp3) is 0.417. The Morgan fingerprint density at radius 1 is 1.43 bits per heavy atom. The van der Waals surface area contributed by atoms with Crippen LogP contribution in [0.4, 0.5) is 0 Å².